The summed E-state index contributed by atoms with van der Waals surface area (Å²) in [6.45, 7) is 6.17. The van der Waals surface area contributed by atoms with Gasteiger partial charge in [-0.1, -0.05) is 6.92 Å². The van der Waals surface area contributed by atoms with Gasteiger partial charge in [0.25, 0.3) is 0 Å². The van der Waals surface area contributed by atoms with Crippen LogP contribution in [0.25, 0.3) is 0 Å². The van der Waals surface area contributed by atoms with Crippen molar-refractivity contribution >= 4 is 11.9 Å². The van der Waals surface area contributed by atoms with E-state index >= 15 is 0 Å². The Kier molecular flexibility index (Phi) is 3.53. The highest BCUT2D eigenvalue weighted by Gasteiger charge is 2.59. The smallest absolute Gasteiger partial charge is 0.352 e. The Bertz CT molecular complexity index is 508. The molecule has 0 spiro atoms. The van der Waals surface area contributed by atoms with Gasteiger partial charge in [-0.05, 0) is 38.4 Å². The molecule has 21 heavy (non-hydrogen) atoms. The molecule has 6 heteroatoms. The van der Waals surface area contributed by atoms with Crippen LogP contribution in [0.1, 0.15) is 26.7 Å². The van der Waals surface area contributed by atoms with Gasteiger partial charge in [0, 0.05) is 12.5 Å². The maximum atomic E-state index is 12.2. The number of carbonyl (C=O) groups is 2. The predicted molar refractivity (Wildman–Crippen MR) is 75.3 cm³/mol. The zero-order chi connectivity index (χ0) is 15.3. The SMILES string of the molecule is C[C@H]1C(CN2CCCC2)=C(C(=O)O)N2C(=O)[C@H]([C@@H](C)O)C12. The van der Waals surface area contributed by atoms with Gasteiger partial charge < -0.3 is 15.1 Å². The summed E-state index contributed by atoms with van der Waals surface area (Å²) in [6, 6.07) is -0.193. The number of rotatable bonds is 4. The second-order valence-corrected chi connectivity index (χ2v) is 6.42. The van der Waals surface area contributed by atoms with Crippen molar-refractivity contribution < 1.29 is 19.8 Å². The van der Waals surface area contributed by atoms with Gasteiger partial charge in [-0.2, -0.15) is 0 Å². The first-order valence-electron chi connectivity index (χ1n) is 7.63. The van der Waals surface area contributed by atoms with E-state index in [4.69, 9.17) is 0 Å². The molecule has 1 unspecified atom stereocenters. The summed E-state index contributed by atoms with van der Waals surface area (Å²) >= 11 is 0. The third-order valence-electron chi connectivity index (χ3n) is 5.11. The van der Waals surface area contributed by atoms with E-state index in [0.29, 0.717) is 6.54 Å². The summed E-state index contributed by atoms with van der Waals surface area (Å²) in [5.41, 5.74) is 0.993. The monoisotopic (exact) mass is 294 g/mol. The highest BCUT2D eigenvalue weighted by molar-refractivity contribution is 6.00. The zero-order valence-electron chi connectivity index (χ0n) is 12.5. The Morgan fingerprint density at radius 1 is 1.38 bits per heavy atom. The van der Waals surface area contributed by atoms with Crippen molar-refractivity contribution in [2.45, 2.75) is 38.8 Å². The second kappa shape index (κ2) is 5.10. The van der Waals surface area contributed by atoms with E-state index in [-0.39, 0.29) is 23.6 Å². The van der Waals surface area contributed by atoms with Crippen LogP contribution >= 0.6 is 0 Å². The summed E-state index contributed by atoms with van der Waals surface area (Å²) < 4.78 is 0. The van der Waals surface area contributed by atoms with Crippen LogP contribution in [0.2, 0.25) is 0 Å². The molecule has 0 bridgehead atoms. The van der Waals surface area contributed by atoms with E-state index in [9.17, 15) is 19.8 Å². The Morgan fingerprint density at radius 2 is 2.00 bits per heavy atom. The first kappa shape index (κ1) is 14.5. The number of aliphatic hydroxyl groups excluding tert-OH is 1. The maximum absolute atomic E-state index is 12.2. The van der Waals surface area contributed by atoms with E-state index in [1.54, 1.807) is 6.92 Å². The molecule has 3 aliphatic heterocycles. The number of amides is 1. The van der Waals surface area contributed by atoms with Gasteiger partial charge >= 0.3 is 5.97 Å². The molecule has 4 atom stereocenters. The summed E-state index contributed by atoms with van der Waals surface area (Å²) in [4.78, 5) is 27.4. The number of β-lactam (4-membered cyclic amide) rings is 1. The van der Waals surface area contributed by atoms with Crippen LogP contribution in [0.5, 0.6) is 0 Å². The first-order chi connectivity index (χ1) is 9.93. The molecule has 2 N–H and O–H groups in total. The normalized spacial score (nSPS) is 34.1. The molecule has 6 nitrogen and oxygen atoms in total. The van der Waals surface area contributed by atoms with Gasteiger partial charge in [0.05, 0.1) is 18.1 Å². The minimum Gasteiger partial charge on any atom is -0.477 e. The highest BCUT2D eigenvalue weighted by Crippen LogP contribution is 2.47. The van der Waals surface area contributed by atoms with Gasteiger partial charge in [0.15, 0.2) is 0 Å². The minimum atomic E-state index is -1.03. The molecule has 116 valence electrons. The standard InChI is InChI=1S/C15H22N2O4/c1-8-10(7-16-5-3-4-6-16)13(15(20)21)17-12(8)11(9(2)18)14(17)19/h8-9,11-12,18H,3-7H2,1-2H3,(H,20,21)/t8-,9+,11+,12?/m0/s1. The van der Waals surface area contributed by atoms with Crippen LogP contribution in [0.3, 0.4) is 0 Å². The molecular weight excluding hydrogens is 272 g/mol. The van der Waals surface area contributed by atoms with Crippen LogP contribution in [0.4, 0.5) is 0 Å². The van der Waals surface area contributed by atoms with Crippen LogP contribution in [-0.2, 0) is 9.59 Å². The van der Waals surface area contributed by atoms with Gasteiger partial charge in [-0.25, -0.2) is 4.79 Å². The fraction of sp³-hybridized carbons (Fsp3) is 0.733. The van der Waals surface area contributed by atoms with Crippen molar-refractivity contribution in [2.75, 3.05) is 19.6 Å². The zero-order valence-corrected chi connectivity index (χ0v) is 12.5. The van der Waals surface area contributed by atoms with Crippen molar-refractivity contribution in [3.63, 3.8) is 0 Å². The Morgan fingerprint density at radius 3 is 2.52 bits per heavy atom. The number of carboxylic acids is 1. The lowest BCUT2D eigenvalue weighted by Gasteiger charge is -2.46. The molecule has 0 saturated carbocycles. The number of carbonyl (C=O) groups excluding carboxylic acids is 1. The topological polar surface area (TPSA) is 81.1 Å². The summed E-state index contributed by atoms with van der Waals surface area (Å²) in [5, 5.41) is 19.3. The number of carboxylic acid groups (broad SMARTS) is 1. The molecule has 3 rings (SSSR count). The van der Waals surface area contributed by atoms with Gasteiger partial charge in [0.2, 0.25) is 5.91 Å². The molecule has 2 fully saturated rings. The Balaban J connectivity index is 1.89. The van der Waals surface area contributed by atoms with Crippen LogP contribution in [-0.4, -0.2) is 63.7 Å². The number of likely N-dealkylation sites (tertiary alicyclic amines) is 1. The number of aliphatic hydroxyl groups is 1. The van der Waals surface area contributed by atoms with E-state index in [1.807, 2.05) is 6.92 Å². The third-order valence-corrected chi connectivity index (χ3v) is 5.11. The third kappa shape index (κ3) is 2.08. The average Bonchev–Trinajstić information content (AvgIpc) is 2.97. The lowest BCUT2D eigenvalue weighted by Crippen LogP contribution is -2.63. The number of aliphatic carboxylic acids is 1. The van der Waals surface area contributed by atoms with Gasteiger partial charge in [-0.15, -0.1) is 0 Å². The summed E-state index contributed by atoms with van der Waals surface area (Å²) in [5.74, 6) is -1.76. The molecule has 2 saturated heterocycles. The molecule has 1 amide bonds. The van der Waals surface area contributed by atoms with E-state index in [1.165, 1.54) is 4.90 Å². The molecule has 0 aromatic carbocycles. The summed E-state index contributed by atoms with van der Waals surface area (Å²) in [6.07, 6.45) is 1.56. The predicted octanol–water partition coefficient (Wildman–Crippen LogP) is 0.278. The maximum Gasteiger partial charge on any atom is 0.352 e. The van der Waals surface area contributed by atoms with E-state index in [2.05, 4.69) is 4.90 Å². The Hall–Kier alpha value is -1.40. The molecule has 0 aliphatic carbocycles. The van der Waals surface area contributed by atoms with Crippen LogP contribution < -0.4 is 0 Å². The number of fused-ring (bicyclic) bond motifs is 1. The molecule has 0 radical (unpaired) electrons. The van der Waals surface area contributed by atoms with Gasteiger partial charge in [-0.3, -0.25) is 9.69 Å². The Labute approximate surface area is 124 Å². The van der Waals surface area contributed by atoms with Crippen molar-refractivity contribution in [3.05, 3.63) is 11.3 Å². The fourth-order valence-electron chi connectivity index (χ4n) is 4.04. The molecular formula is C15H22N2O4. The summed E-state index contributed by atoms with van der Waals surface area (Å²) in [7, 11) is 0. The van der Waals surface area contributed by atoms with Crippen LogP contribution in [0, 0.1) is 11.8 Å². The lowest BCUT2D eigenvalue weighted by molar-refractivity contribution is -0.163. The first-order valence-corrected chi connectivity index (χ1v) is 7.63. The van der Waals surface area contributed by atoms with Crippen molar-refractivity contribution in [3.8, 4) is 0 Å². The fourth-order valence-corrected chi connectivity index (χ4v) is 4.04. The molecule has 0 aromatic rings. The number of hydrogen-bond donors (Lipinski definition) is 2. The van der Waals surface area contributed by atoms with Crippen LogP contribution in [0.15, 0.2) is 11.3 Å². The molecule has 0 aromatic heterocycles. The second-order valence-electron chi connectivity index (χ2n) is 6.42. The molecule has 3 aliphatic rings. The number of hydrogen-bond acceptors (Lipinski definition) is 4. The molecule has 3 heterocycles. The average molecular weight is 294 g/mol. The van der Waals surface area contributed by atoms with Gasteiger partial charge in [0.1, 0.15) is 5.70 Å². The van der Waals surface area contributed by atoms with E-state index < -0.39 is 18.0 Å². The highest BCUT2D eigenvalue weighted by atomic mass is 16.4. The largest absolute Gasteiger partial charge is 0.477 e. The minimum absolute atomic E-state index is 0.00556. The quantitative estimate of drug-likeness (QED) is 0.728. The van der Waals surface area contributed by atoms with Crippen molar-refractivity contribution in [1.82, 2.24) is 9.80 Å². The lowest BCUT2D eigenvalue weighted by atomic mass is 9.77. The number of nitrogens with zero attached hydrogens (tertiary/aromatic N) is 2. The van der Waals surface area contributed by atoms with E-state index in [0.717, 1.165) is 31.5 Å². The van der Waals surface area contributed by atoms with Crippen molar-refractivity contribution in [1.29, 1.82) is 0 Å². The van der Waals surface area contributed by atoms with Crippen molar-refractivity contribution in [2.24, 2.45) is 11.8 Å².